The number of benzene rings is 1. The SMILES string of the molecule is COc1cc(O)c2c(c1O)CC(C)=C[C@@H](O)C[C@@]1(C)O[C@@H]1C2=O. The van der Waals surface area contributed by atoms with Gasteiger partial charge in [0, 0.05) is 18.1 Å². The molecule has 0 bridgehead atoms. The Hall–Kier alpha value is -2.05. The van der Waals surface area contributed by atoms with Gasteiger partial charge in [0.25, 0.3) is 0 Å². The van der Waals surface area contributed by atoms with Gasteiger partial charge in [0.05, 0.1) is 18.8 Å². The molecule has 1 fully saturated rings. The molecule has 124 valence electrons. The number of rotatable bonds is 1. The number of carbonyl (C=O) groups is 1. The number of aliphatic hydroxyl groups is 1. The van der Waals surface area contributed by atoms with Crippen molar-refractivity contribution in [3.05, 3.63) is 28.8 Å². The predicted molar refractivity (Wildman–Crippen MR) is 82.0 cm³/mol. The zero-order valence-corrected chi connectivity index (χ0v) is 13.3. The van der Waals surface area contributed by atoms with Crippen LogP contribution in [-0.4, -0.2) is 46.0 Å². The number of phenols is 2. The van der Waals surface area contributed by atoms with E-state index >= 15 is 0 Å². The number of allylic oxidation sites excluding steroid dienone is 1. The molecule has 0 radical (unpaired) electrons. The number of Topliss-reactive ketones (excluding diaryl/α,β-unsaturated/α-hetero) is 1. The van der Waals surface area contributed by atoms with Crippen LogP contribution in [-0.2, 0) is 11.2 Å². The van der Waals surface area contributed by atoms with Crippen LogP contribution in [0.1, 0.15) is 36.2 Å². The van der Waals surface area contributed by atoms with Gasteiger partial charge >= 0.3 is 0 Å². The van der Waals surface area contributed by atoms with Gasteiger partial charge in [0.1, 0.15) is 11.4 Å². The molecule has 23 heavy (non-hydrogen) atoms. The monoisotopic (exact) mass is 320 g/mol. The third-order valence-corrected chi connectivity index (χ3v) is 4.48. The van der Waals surface area contributed by atoms with Crippen molar-refractivity contribution in [1.82, 2.24) is 0 Å². The van der Waals surface area contributed by atoms with Gasteiger partial charge in [-0.2, -0.15) is 0 Å². The molecule has 6 heteroatoms. The summed E-state index contributed by atoms with van der Waals surface area (Å²) in [5, 5.41) is 30.8. The summed E-state index contributed by atoms with van der Waals surface area (Å²) in [6.07, 6.45) is 0.735. The van der Waals surface area contributed by atoms with E-state index in [-0.39, 0.29) is 40.6 Å². The minimum absolute atomic E-state index is 0.0566. The van der Waals surface area contributed by atoms with Gasteiger partial charge in [0.2, 0.25) is 0 Å². The van der Waals surface area contributed by atoms with Crippen molar-refractivity contribution in [1.29, 1.82) is 0 Å². The van der Waals surface area contributed by atoms with Crippen molar-refractivity contribution in [2.24, 2.45) is 0 Å². The molecule has 1 saturated heterocycles. The Morgan fingerprint density at radius 1 is 1.39 bits per heavy atom. The summed E-state index contributed by atoms with van der Waals surface area (Å²) in [5.74, 6) is -0.718. The van der Waals surface area contributed by atoms with Crippen LogP contribution in [0.4, 0.5) is 0 Å². The Labute approximate surface area is 134 Å². The average molecular weight is 320 g/mol. The smallest absolute Gasteiger partial charge is 0.198 e. The molecule has 3 atom stereocenters. The number of epoxide rings is 1. The highest BCUT2D eigenvalue weighted by atomic mass is 16.6. The molecule has 0 spiro atoms. The molecule has 0 unspecified atom stereocenters. The summed E-state index contributed by atoms with van der Waals surface area (Å²) in [7, 11) is 1.37. The number of hydrogen-bond donors (Lipinski definition) is 3. The molecule has 1 aliphatic heterocycles. The number of phenolic OH excluding ortho intramolecular Hbond substituents is 2. The van der Waals surface area contributed by atoms with Crippen molar-refractivity contribution in [3.8, 4) is 17.2 Å². The highest BCUT2D eigenvalue weighted by Gasteiger charge is 2.58. The summed E-state index contributed by atoms with van der Waals surface area (Å²) in [6.45, 7) is 3.55. The minimum atomic E-state index is -0.760. The molecular formula is C17H20O6. The summed E-state index contributed by atoms with van der Waals surface area (Å²) in [6, 6.07) is 1.23. The number of carbonyl (C=O) groups excluding carboxylic acids is 1. The Bertz CT molecular complexity index is 708. The zero-order chi connectivity index (χ0) is 16.9. The van der Waals surface area contributed by atoms with Gasteiger partial charge in [-0.05, 0) is 20.3 Å². The third-order valence-electron chi connectivity index (χ3n) is 4.48. The van der Waals surface area contributed by atoms with Crippen molar-refractivity contribution in [2.75, 3.05) is 7.11 Å². The Balaban J connectivity index is 2.20. The number of aliphatic hydroxyl groups excluding tert-OH is 1. The lowest BCUT2D eigenvalue weighted by Gasteiger charge is -2.18. The first kappa shape index (κ1) is 15.8. The lowest BCUT2D eigenvalue weighted by molar-refractivity contribution is 0.0949. The standard InChI is InChI=1S/C17H20O6/c1-8-4-9(18)7-17(2)16(23-17)15(21)13-10(5-8)14(20)12(22-3)6-11(13)19/h4,6,9,16,18-20H,5,7H2,1-3H3/t9-,16-,17-/m1/s1. The second kappa shape index (κ2) is 5.25. The van der Waals surface area contributed by atoms with Crippen LogP contribution < -0.4 is 4.74 Å². The fourth-order valence-corrected chi connectivity index (χ4v) is 3.28. The molecule has 1 aliphatic carbocycles. The molecule has 1 heterocycles. The minimum Gasteiger partial charge on any atom is -0.507 e. The van der Waals surface area contributed by atoms with Crippen molar-refractivity contribution < 1.29 is 29.6 Å². The van der Waals surface area contributed by atoms with Gasteiger partial charge in [-0.1, -0.05) is 11.6 Å². The average Bonchev–Trinajstić information content (AvgIpc) is 3.12. The fraction of sp³-hybridized carbons (Fsp3) is 0.471. The van der Waals surface area contributed by atoms with Crippen molar-refractivity contribution >= 4 is 5.78 Å². The number of hydrogen-bond acceptors (Lipinski definition) is 6. The maximum absolute atomic E-state index is 12.7. The van der Waals surface area contributed by atoms with E-state index in [1.807, 2.05) is 0 Å². The maximum Gasteiger partial charge on any atom is 0.198 e. The van der Waals surface area contributed by atoms with E-state index < -0.39 is 17.8 Å². The molecular weight excluding hydrogens is 300 g/mol. The number of ketones is 1. The van der Waals surface area contributed by atoms with Crippen LogP contribution in [0, 0.1) is 0 Å². The first-order chi connectivity index (χ1) is 10.8. The molecule has 2 aliphatic rings. The van der Waals surface area contributed by atoms with Gasteiger partial charge in [-0.3, -0.25) is 4.79 Å². The van der Waals surface area contributed by atoms with Crippen LogP contribution in [0.25, 0.3) is 0 Å². The molecule has 0 saturated carbocycles. The molecule has 1 aromatic rings. The lowest BCUT2D eigenvalue weighted by Crippen LogP contribution is -2.25. The van der Waals surface area contributed by atoms with E-state index in [0.717, 1.165) is 5.57 Å². The molecule has 3 N–H and O–H groups in total. The van der Waals surface area contributed by atoms with E-state index in [1.165, 1.54) is 13.2 Å². The highest BCUT2D eigenvalue weighted by Crippen LogP contribution is 2.47. The molecule has 0 amide bonds. The van der Waals surface area contributed by atoms with Crippen LogP contribution in [0.5, 0.6) is 17.2 Å². The van der Waals surface area contributed by atoms with Gasteiger partial charge in [-0.25, -0.2) is 0 Å². The number of ether oxygens (including phenoxy) is 2. The number of aromatic hydroxyl groups is 2. The van der Waals surface area contributed by atoms with Crippen molar-refractivity contribution in [2.45, 2.75) is 44.5 Å². The molecule has 0 aromatic heterocycles. The summed E-state index contributed by atoms with van der Waals surface area (Å²) in [5.41, 5.74) is 0.357. The molecule has 6 nitrogen and oxygen atoms in total. The van der Waals surface area contributed by atoms with Crippen LogP contribution >= 0.6 is 0 Å². The summed E-state index contributed by atoms with van der Waals surface area (Å²) < 4.78 is 10.5. The first-order valence-corrected chi connectivity index (χ1v) is 7.46. The van der Waals surface area contributed by atoms with E-state index in [2.05, 4.69) is 0 Å². The van der Waals surface area contributed by atoms with E-state index in [1.54, 1.807) is 19.9 Å². The van der Waals surface area contributed by atoms with E-state index in [9.17, 15) is 20.1 Å². The van der Waals surface area contributed by atoms with Crippen molar-refractivity contribution in [3.63, 3.8) is 0 Å². The van der Waals surface area contributed by atoms with Gasteiger partial charge in [-0.15, -0.1) is 0 Å². The Morgan fingerprint density at radius 3 is 2.74 bits per heavy atom. The molecule has 3 rings (SSSR count). The predicted octanol–water partition coefficient (Wildman–Crippen LogP) is 1.70. The molecule has 1 aromatic carbocycles. The summed E-state index contributed by atoms with van der Waals surface area (Å²) >= 11 is 0. The highest BCUT2D eigenvalue weighted by molar-refractivity contribution is 6.06. The zero-order valence-electron chi connectivity index (χ0n) is 13.3. The van der Waals surface area contributed by atoms with Crippen LogP contribution in [0.15, 0.2) is 17.7 Å². The second-order valence-electron chi connectivity index (χ2n) is 6.44. The Kier molecular flexibility index (Phi) is 3.61. The van der Waals surface area contributed by atoms with E-state index in [0.29, 0.717) is 6.42 Å². The van der Waals surface area contributed by atoms with Crippen LogP contribution in [0.3, 0.4) is 0 Å². The second-order valence-corrected chi connectivity index (χ2v) is 6.44. The topological polar surface area (TPSA) is 99.5 Å². The van der Waals surface area contributed by atoms with Gasteiger partial charge < -0.3 is 24.8 Å². The third kappa shape index (κ3) is 2.58. The normalized spacial score (nSPS) is 30.1. The van der Waals surface area contributed by atoms with E-state index in [4.69, 9.17) is 9.47 Å². The van der Waals surface area contributed by atoms with Crippen LogP contribution in [0.2, 0.25) is 0 Å². The largest absolute Gasteiger partial charge is 0.507 e. The van der Waals surface area contributed by atoms with Gasteiger partial charge in [0.15, 0.2) is 23.4 Å². The quantitative estimate of drug-likeness (QED) is 0.414. The first-order valence-electron chi connectivity index (χ1n) is 7.46. The number of fused-ring (bicyclic) bond motifs is 2. The fourth-order valence-electron chi connectivity index (χ4n) is 3.28. The maximum atomic E-state index is 12.7. The summed E-state index contributed by atoms with van der Waals surface area (Å²) in [4.78, 5) is 12.7. The lowest BCUT2D eigenvalue weighted by atomic mass is 9.87. The number of methoxy groups -OCH3 is 1. The Morgan fingerprint density at radius 2 is 2.09 bits per heavy atom.